The molecule has 0 atom stereocenters. The fourth-order valence-electron chi connectivity index (χ4n) is 2.07. The Balaban J connectivity index is 2.38. The van der Waals surface area contributed by atoms with Crippen LogP contribution in [0.4, 0.5) is 5.82 Å². The molecule has 0 aliphatic heterocycles. The van der Waals surface area contributed by atoms with E-state index in [9.17, 15) is 0 Å². The molecule has 94 valence electrons. The summed E-state index contributed by atoms with van der Waals surface area (Å²) in [7, 11) is 1.89. The van der Waals surface area contributed by atoms with Gasteiger partial charge >= 0.3 is 0 Å². The van der Waals surface area contributed by atoms with E-state index < -0.39 is 0 Å². The highest BCUT2D eigenvalue weighted by Gasteiger charge is 2.14. The molecule has 1 N–H and O–H groups in total. The molecule has 18 heavy (non-hydrogen) atoms. The van der Waals surface area contributed by atoms with Crippen molar-refractivity contribution in [2.24, 2.45) is 0 Å². The number of nitrogens with one attached hydrogen (secondary N) is 1. The minimum atomic E-state index is 0.394. The predicted octanol–water partition coefficient (Wildman–Crippen LogP) is 2.63. The van der Waals surface area contributed by atoms with E-state index in [0.717, 1.165) is 17.9 Å². The van der Waals surface area contributed by atoms with Crippen LogP contribution in [0, 0.1) is 0 Å². The molecule has 0 saturated carbocycles. The van der Waals surface area contributed by atoms with Crippen molar-refractivity contribution >= 4 is 5.82 Å². The lowest BCUT2D eigenvalue weighted by molar-refractivity contribution is 0.818. The molecule has 0 amide bonds. The van der Waals surface area contributed by atoms with Crippen LogP contribution in [0.2, 0.25) is 0 Å². The SMILES string of the molecule is CNc1ncnc(Cc2ccncc2)c1C(C)C. The van der Waals surface area contributed by atoms with Gasteiger partial charge in [0, 0.05) is 31.4 Å². The lowest BCUT2D eigenvalue weighted by Gasteiger charge is -2.15. The van der Waals surface area contributed by atoms with Gasteiger partial charge < -0.3 is 5.32 Å². The summed E-state index contributed by atoms with van der Waals surface area (Å²) < 4.78 is 0. The monoisotopic (exact) mass is 242 g/mol. The number of anilines is 1. The zero-order valence-corrected chi connectivity index (χ0v) is 11.0. The van der Waals surface area contributed by atoms with Gasteiger partial charge in [-0.1, -0.05) is 13.8 Å². The predicted molar refractivity (Wildman–Crippen MR) is 72.7 cm³/mol. The van der Waals surface area contributed by atoms with Crippen LogP contribution in [0.25, 0.3) is 0 Å². The molecular formula is C14H18N4. The van der Waals surface area contributed by atoms with Crippen molar-refractivity contribution in [2.75, 3.05) is 12.4 Å². The minimum absolute atomic E-state index is 0.394. The lowest BCUT2D eigenvalue weighted by Crippen LogP contribution is -2.07. The lowest BCUT2D eigenvalue weighted by atomic mass is 9.98. The summed E-state index contributed by atoms with van der Waals surface area (Å²) in [5.74, 6) is 1.31. The quantitative estimate of drug-likeness (QED) is 0.895. The first-order chi connectivity index (χ1) is 8.72. The Morgan fingerprint density at radius 1 is 1.17 bits per heavy atom. The molecule has 2 rings (SSSR count). The van der Waals surface area contributed by atoms with Crippen LogP contribution in [-0.4, -0.2) is 22.0 Å². The zero-order valence-electron chi connectivity index (χ0n) is 11.0. The van der Waals surface area contributed by atoms with Gasteiger partial charge in [-0.3, -0.25) is 4.98 Å². The minimum Gasteiger partial charge on any atom is -0.373 e. The molecule has 0 fully saturated rings. The maximum absolute atomic E-state index is 4.43. The molecule has 0 saturated heterocycles. The van der Waals surface area contributed by atoms with Gasteiger partial charge in [-0.2, -0.15) is 0 Å². The molecule has 0 bridgehead atoms. The van der Waals surface area contributed by atoms with Crippen molar-refractivity contribution in [1.29, 1.82) is 0 Å². The molecule has 0 aromatic carbocycles. The molecule has 0 aliphatic rings. The van der Waals surface area contributed by atoms with Crippen LogP contribution >= 0.6 is 0 Å². The standard InChI is InChI=1S/C14H18N4/c1-10(2)13-12(17-9-18-14(13)15-3)8-11-4-6-16-7-5-11/h4-7,9-10H,8H2,1-3H3,(H,15,17,18). The summed E-state index contributed by atoms with van der Waals surface area (Å²) in [5, 5.41) is 3.14. The van der Waals surface area contributed by atoms with Crippen LogP contribution < -0.4 is 5.32 Å². The number of hydrogen-bond donors (Lipinski definition) is 1. The third-order valence-corrected chi connectivity index (χ3v) is 2.90. The molecule has 0 unspecified atom stereocenters. The summed E-state index contributed by atoms with van der Waals surface area (Å²) in [5.41, 5.74) is 3.49. The van der Waals surface area contributed by atoms with Gasteiger partial charge in [0.25, 0.3) is 0 Å². The van der Waals surface area contributed by atoms with E-state index >= 15 is 0 Å². The average molecular weight is 242 g/mol. The molecule has 2 aromatic heterocycles. The molecule has 4 heteroatoms. The van der Waals surface area contributed by atoms with E-state index in [1.807, 2.05) is 31.6 Å². The van der Waals surface area contributed by atoms with E-state index in [1.54, 1.807) is 6.33 Å². The maximum Gasteiger partial charge on any atom is 0.132 e. The molecule has 2 heterocycles. The Morgan fingerprint density at radius 3 is 2.50 bits per heavy atom. The fraction of sp³-hybridized carbons (Fsp3) is 0.357. The average Bonchev–Trinajstić information content (AvgIpc) is 2.39. The molecule has 0 aliphatic carbocycles. The van der Waals surface area contributed by atoms with Crippen molar-refractivity contribution in [3.05, 3.63) is 47.7 Å². The highest BCUT2D eigenvalue weighted by Crippen LogP contribution is 2.25. The fourth-order valence-corrected chi connectivity index (χ4v) is 2.07. The Bertz CT molecular complexity index is 508. The second kappa shape index (κ2) is 5.58. The van der Waals surface area contributed by atoms with E-state index in [4.69, 9.17) is 0 Å². The first kappa shape index (κ1) is 12.5. The smallest absolute Gasteiger partial charge is 0.132 e. The molecular weight excluding hydrogens is 224 g/mol. The van der Waals surface area contributed by atoms with Crippen LogP contribution in [0.15, 0.2) is 30.9 Å². The van der Waals surface area contributed by atoms with Gasteiger partial charge in [0.05, 0.1) is 5.69 Å². The maximum atomic E-state index is 4.43. The second-order valence-electron chi connectivity index (χ2n) is 4.52. The van der Waals surface area contributed by atoms with Crippen molar-refractivity contribution in [3.63, 3.8) is 0 Å². The Morgan fingerprint density at radius 2 is 1.89 bits per heavy atom. The zero-order chi connectivity index (χ0) is 13.0. The van der Waals surface area contributed by atoms with Gasteiger partial charge in [-0.05, 0) is 23.6 Å². The topological polar surface area (TPSA) is 50.7 Å². The number of pyridine rings is 1. The van der Waals surface area contributed by atoms with Crippen LogP contribution in [0.3, 0.4) is 0 Å². The number of aromatic nitrogens is 3. The van der Waals surface area contributed by atoms with Crippen LogP contribution in [0.5, 0.6) is 0 Å². The molecule has 2 aromatic rings. The van der Waals surface area contributed by atoms with Gasteiger partial charge in [0.15, 0.2) is 0 Å². The summed E-state index contributed by atoms with van der Waals surface area (Å²) >= 11 is 0. The van der Waals surface area contributed by atoms with Crippen LogP contribution in [-0.2, 0) is 6.42 Å². The second-order valence-corrected chi connectivity index (χ2v) is 4.52. The molecule has 0 radical (unpaired) electrons. The van der Waals surface area contributed by atoms with E-state index in [0.29, 0.717) is 5.92 Å². The van der Waals surface area contributed by atoms with Gasteiger partial charge in [0.2, 0.25) is 0 Å². The Hall–Kier alpha value is -1.97. The largest absolute Gasteiger partial charge is 0.373 e. The van der Waals surface area contributed by atoms with Gasteiger partial charge in [-0.25, -0.2) is 9.97 Å². The Kier molecular flexibility index (Phi) is 3.87. The van der Waals surface area contributed by atoms with Crippen molar-refractivity contribution in [3.8, 4) is 0 Å². The van der Waals surface area contributed by atoms with Gasteiger partial charge in [-0.15, -0.1) is 0 Å². The first-order valence-corrected chi connectivity index (χ1v) is 6.12. The van der Waals surface area contributed by atoms with E-state index in [-0.39, 0.29) is 0 Å². The molecule has 4 nitrogen and oxygen atoms in total. The first-order valence-electron chi connectivity index (χ1n) is 6.12. The van der Waals surface area contributed by atoms with E-state index in [2.05, 4.69) is 34.1 Å². The number of rotatable bonds is 4. The third kappa shape index (κ3) is 2.64. The normalized spacial score (nSPS) is 10.7. The van der Waals surface area contributed by atoms with Crippen molar-refractivity contribution in [1.82, 2.24) is 15.0 Å². The highest BCUT2D eigenvalue weighted by atomic mass is 15.0. The third-order valence-electron chi connectivity index (χ3n) is 2.90. The van der Waals surface area contributed by atoms with E-state index in [1.165, 1.54) is 11.1 Å². The number of nitrogens with zero attached hydrogens (tertiary/aromatic N) is 3. The summed E-state index contributed by atoms with van der Waals surface area (Å²) in [6.45, 7) is 4.32. The van der Waals surface area contributed by atoms with Crippen LogP contribution in [0.1, 0.15) is 36.6 Å². The number of hydrogen-bond acceptors (Lipinski definition) is 4. The van der Waals surface area contributed by atoms with Crippen molar-refractivity contribution < 1.29 is 0 Å². The van der Waals surface area contributed by atoms with Gasteiger partial charge in [0.1, 0.15) is 12.1 Å². The van der Waals surface area contributed by atoms with Crippen molar-refractivity contribution in [2.45, 2.75) is 26.2 Å². The summed E-state index contributed by atoms with van der Waals surface area (Å²) in [6.07, 6.45) is 6.05. The highest BCUT2D eigenvalue weighted by molar-refractivity contribution is 5.48. The summed E-state index contributed by atoms with van der Waals surface area (Å²) in [4.78, 5) is 12.8. The molecule has 0 spiro atoms. The summed E-state index contributed by atoms with van der Waals surface area (Å²) in [6, 6.07) is 4.04. The Labute approximate surface area is 108 Å².